The van der Waals surface area contributed by atoms with E-state index in [9.17, 15) is 14.3 Å². The summed E-state index contributed by atoms with van der Waals surface area (Å²) in [6.07, 6.45) is 9.14. The fourth-order valence-corrected chi connectivity index (χ4v) is 6.20. The van der Waals surface area contributed by atoms with E-state index in [0.717, 1.165) is 62.9 Å². The molecule has 2 heterocycles. The zero-order chi connectivity index (χ0) is 26.2. The first-order valence-electron chi connectivity index (χ1n) is 13.8. The summed E-state index contributed by atoms with van der Waals surface area (Å²) < 4.78 is 18.5. The topological polar surface area (TPSA) is 65.0 Å². The molecular weight excluding hydrogens is 469 g/mol. The molecule has 2 aromatic rings. The highest BCUT2D eigenvalue weighted by molar-refractivity contribution is 5.89. The predicted octanol–water partition coefficient (Wildman–Crippen LogP) is 6.36. The van der Waals surface area contributed by atoms with Crippen LogP contribution >= 0.6 is 0 Å². The van der Waals surface area contributed by atoms with E-state index in [0.29, 0.717) is 23.5 Å². The van der Waals surface area contributed by atoms with Gasteiger partial charge in [-0.2, -0.15) is 0 Å². The zero-order valence-corrected chi connectivity index (χ0v) is 22.3. The lowest BCUT2D eigenvalue weighted by molar-refractivity contribution is 0.0287. The number of carbonyl (C=O) groups is 1. The maximum absolute atomic E-state index is 13.0. The standard InChI is InChI=1S/C30H42FN3O3/c1-22-10-15-29(37-2)28(18-22)34(30(35)36)27-19-25-8-7-9-26(20-27)33(25)17-6-4-3-5-16-32-21-23-11-13-24(31)14-12-23/h10-15,18,25-27,32H,3-9,16-17,19-21H2,1-2H3,(H,35,36). The van der Waals surface area contributed by atoms with Crippen molar-refractivity contribution in [1.29, 1.82) is 0 Å². The Bertz CT molecular complexity index is 1000. The summed E-state index contributed by atoms with van der Waals surface area (Å²) in [6.45, 7) is 4.84. The normalized spacial score (nSPS) is 21.5. The van der Waals surface area contributed by atoms with Crippen molar-refractivity contribution in [3.63, 3.8) is 0 Å². The summed E-state index contributed by atoms with van der Waals surface area (Å²) in [5.41, 5.74) is 2.81. The summed E-state index contributed by atoms with van der Waals surface area (Å²) >= 11 is 0. The van der Waals surface area contributed by atoms with Gasteiger partial charge in [-0.3, -0.25) is 9.80 Å². The predicted molar refractivity (Wildman–Crippen MR) is 146 cm³/mol. The first-order chi connectivity index (χ1) is 18.0. The third-order valence-electron chi connectivity index (χ3n) is 8.03. The molecule has 0 radical (unpaired) electrons. The van der Waals surface area contributed by atoms with Gasteiger partial charge < -0.3 is 15.2 Å². The molecule has 1 amide bonds. The third kappa shape index (κ3) is 7.23. The Morgan fingerprint density at radius 1 is 1.08 bits per heavy atom. The Balaban J connectivity index is 1.24. The SMILES string of the molecule is COc1ccc(C)cc1N(C(=O)O)C1CC2CCCC(C1)N2CCCCCCNCc1ccc(F)cc1. The number of piperidine rings is 2. The number of nitrogens with zero attached hydrogens (tertiary/aromatic N) is 2. The van der Waals surface area contributed by atoms with Crippen LogP contribution in [-0.2, 0) is 6.54 Å². The number of ether oxygens (including phenoxy) is 1. The fraction of sp³-hybridized carbons (Fsp3) is 0.567. The molecule has 6 nitrogen and oxygen atoms in total. The van der Waals surface area contributed by atoms with Gasteiger partial charge in [0.1, 0.15) is 11.6 Å². The van der Waals surface area contributed by atoms with Gasteiger partial charge in [-0.05, 0) is 93.9 Å². The number of fused-ring (bicyclic) bond motifs is 2. The molecule has 4 rings (SSSR count). The number of aryl methyl sites for hydroxylation is 1. The van der Waals surface area contributed by atoms with Crippen molar-refractivity contribution in [2.45, 2.75) is 89.4 Å². The number of carboxylic acid groups (broad SMARTS) is 1. The van der Waals surface area contributed by atoms with Crippen molar-refractivity contribution < 1.29 is 19.0 Å². The van der Waals surface area contributed by atoms with E-state index in [1.165, 1.54) is 37.8 Å². The van der Waals surface area contributed by atoms with Crippen LogP contribution in [0.15, 0.2) is 42.5 Å². The highest BCUT2D eigenvalue weighted by Gasteiger charge is 2.42. The van der Waals surface area contributed by atoms with E-state index in [-0.39, 0.29) is 11.9 Å². The van der Waals surface area contributed by atoms with Crippen molar-refractivity contribution in [2.24, 2.45) is 0 Å². The Morgan fingerprint density at radius 3 is 2.46 bits per heavy atom. The van der Waals surface area contributed by atoms with Gasteiger partial charge in [-0.25, -0.2) is 9.18 Å². The first-order valence-corrected chi connectivity index (χ1v) is 13.8. The van der Waals surface area contributed by atoms with Crippen LogP contribution < -0.4 is 15.0 Å². The summed E-state index contributed by atoms with van der Waals surface area (Å²) in [5, 5.41) is 13.6. The van der Waals surface area contributed by atoms with E-state index in [1.807, 2.05) is 37.3 Å². The average molecular weight is 512 g/mol. The highest BCUT2D eigenvalue weighted by atomic mass is 19.1. The molecule has 2 aromatic carbocycles. The maximum atomic E-state index is 13.0. The minimum absolute atomic E-state index is 0.0214. The molecule has 7 heteroatoms. The van der Waals surface area contributed by atoms with Crippen molar-refractivity contribution in [1.82, 2.24) is 10.2 Å². The molecular formula is C30H42FN3O3. The van der Waals surface area contributed by atoms with Crippen LogP contribution in [0, 0.1) is 12.7 Å². The Labute approximate surface area is 220 Å². The van der Waals surface area contributed by atoms with Gasteiger partial charge in [-0.1, -0.05) is 37.5 Å². The molecule has 0 spiro atoms. The van der Waals surface area contributed by atoms with Crippen LogP contribution in [0.3, 0.4) is 0 Å². The van der Waals surface area contributed by atoms with E-state index in [4.69, 9.17) is 4.74 Å². The number of nitrogens with one attached hydrogen (secondary N) is 1. The van der Waals surface area contributed by atoms with Crippen LogP contribution in [0.5, 0.6) is 5.75 Å². The van der Waals surface area contributed by atoms with Crippen LogP contribution in [0.25, 0.3) is 0 Å². The fourth-order valence-electron chi connectivity index (χ4n) is 6.20. The van der Waals surface area contributed by atoms with E-state index in [2.05, 4.69) is 10.2 Å². The van der Waals surface area contributed by atoms with E-state index < -0.39 is 6.09 Å². The molecule has 202 valence electrons. The summed E-state index contributed by atoms with van der Waals surface area (Å²) in [5.74, 6) is 0.426. The van der Waals surface area contributed by atoms with Gasteiger partial charge in [-0.15, -0.1) is 0 Å². The molecule has 37 heavy (non-hydrogen) atoms. The number of unbranched alkanes of at least 4 members (excludes halogenated alkanes) is 3. The molecule has 2 N–H and O–H groups in total. The van der Waals surface area contributed by atoms with Gasteiger partial charge in [0.15, 0.2) is 0 Å². The maximum Gasteiger partial charge on any atom is 0.412 e. The van der Waals surface area contributed by atoms with Crippen LogP contribution in [0.4, 0.5) is 14.9 Å². The third-order valence-corrected chi connectivity index (χ3v) is 8.03. The molecule has 2 aliphatic heterocycles. The van der Waals surface area contributed by atoms with Crippen molar-refractivity contribution in [3.05, 3.63) is 59.4 Å². The Morgan fingerprint density at radius 2 is 1.78 bits per heavy atom. The molecule has 0 aromatic heterocycles. The van der Waals surface area contributed by atoms with E-state index >= 15 is 0 Å². The van der Waals surface area contributed by atoms with Gasteiger partial charge in [0, 0.05) is 24.7 Å². The number of rotatable bonds is 12. The molecule has 2 saturated heterocycles. The molecule has 2 unspecified atom stereocenters. The number of hydrogen-bond acceptors (Lipinski definition) is 4. The van der Waals surface area contributed by atoms with Gasteiger partial charge >= 0.3 is 6.09 Å². The summed E-state index contributed by atoms with van der Waals surface area (Å²) in [6, 6.07) is 13.3. The molecule has 2 bridgehead atoms. The van der Waals surface area contributed by atoms with Crippen molar-refractivity contribution >= 4 is 11.8 Å². The number of halogens is 1. The molecule has 2 atom stereocenters. The number of anilines is 1. The second-order valence-corrected chi connectivity index (χ2v) is 10.6. The molecule has 0 saturated carbocycles. The minimum atomic E-state index is -0.895. The highest BCUT2D eigenvalue weighted by Crippen LogP contribution is 2.40. The summed E-state index contributed by atoms with van der Waals surface area (Å²) in [4.78, 5) is 16.7. The van der Waals surface area contributed by atoms with Gasteiger partial charge in [0.25, 0.3) is 0 Å². The Hall–Kier alpha value is -2.64. The van der Waals surface area contributed by atoms with Crippen molar-refractivity contribution in [2.75, 3.05) is 25.1 Å². The average Bonchev–Trinajstić information content (AvgIpc) is 2.87. The lowest BCUT2D eigenvalue weighted by Crippen LogP contribution is -2.58. The van der Waals surface area contributed by atoms with Crippen molar-refractivity contribution in [3.8, 4) is 5.75 Å². The van der Waals surface area contributed by atoms with Gasteiger partial charge in [0.05, 0.1) is 12.8 Å². The quantitative estimate of drug-likeness (QED) is 0.325. The number of amides is 1. The lowest BCUT2D eigenvalue weighted by Gasteiger charge is -2.50. The van der Waals surface area contributed by atoms with Crippen LogP contribution in [-0.4, -0.2) is 54.4 Å². The number of hydrogen-bond donors (Lipinski definition) is 2. The minimum Gasteiger partial charge on any atom is -0.495 e. The molecule has 2 aliphatic rings. The summed E-state index contributed by atoms with van der Waals surface area (Å²) in [7, 11) is 1.60. The molecule has 0 aliphatic carbocycles. The smallest absolute Gasteiger partial charge is 0.412 e. The van der Waals surface area contributed by atoms with E-state index in [1.54, 1.807) is 12.0 Å². The second kappa shape index (κ2) is 13.2. The second-order valence-electron chi connectivity index (χ2n) is 10.6. The van der Waals surface area contributed by atoms with Gasteiger partial charge in [0.2, 0.25) is 0 Å². The number of benzene rings is 2. The monoisotopic (exact) mass is 511 g/mol. The largest absolute Gasteiger partial charge is 0.495 e. The Kier molecular flexibility index (Phi) is 9.81. The molecule has 2 fully saturated rings. The first kappa shape index (κ1) is 27.4. The van der Waals surface area contributed by atoms with Crippen LogP contribution in [0.2, 0.25) is 0 Å². The zero-order valence-electron chi connectivity index (χ0n) is 22.3. The lowest BCUT2D eigenvalue weighted by atomic mass is 9.80. The van der Waals surface area contributed by atoms with Crippen LogP contribution in [0.1, 0.15) is 68.9 Å². The number of methoxy groups -OCH3 is 1.